The van der Waals surface area contributed by atoms with Gasteiger partial charge in [-0.05, 0) is 38.1 Å². The average Bonchev–Trinajstić information content (AvgIpc) is 2.59. The Hall–Kier alpha value is -1.84. The smallest absolute Gasteiger partial charge is 0.283 e. The van der Waals surface area contributed by atoms with Crippen molar-refractivity contribution >= 4 is 41.7 Å². The van der Waals surface area contributed by atoms with Crippen molar-refractivity contribution in [1.29, 1.82) is 0 Å². The van der Waals surface area contributed by atoms with Gasteiger partial charge in [0.25, 0.3) is 5.69 Å². The topological polar surface area (TPSA) is 119 Å². The number of hydrogen-bond acceptors (Lipinski definition) is 6. The first-order valence-corrected chi connectivity index (χ1v) is 8.56. The fraction of sp³-hybridized carbons (Fsp3) is 0.467. The number of nitrogens with zero attached hydrogens (tertiary/aromatic N) is 2. The van der Waals surface area contributed by atoms with Gasteiger partial charge < -0.3 is 16.0 Å². The number of carbonyl (C=O) groups excluding carboxylic acids is 2. The Morgan fingerprint density at radius 3 is 2.60 bits per heavy atom. The van der Waals surface area contributed by atoms with E-state index in [4.69, 9.17) is 5.73 Å². The van der Waals surface area contributed by atoms with E-state index in [1.54, 1.807) is 11.9 Å². The maximum absolute atomic E-state index is 12.3. The maximum Gasteiger partial charge on any atom is 0.283 e. The summed E-state index contributed by atoms with van der Waals surface area (Å²) in [6, 6.07) is 4.23. The Kier molecular flexibility index (Phi) is 8.14. The highest BCUT2D eigenvalue weighted by Gasteiger charge is 2.23. The minimum absolute atomic E-state index is 0. The fourth-order valence-corrected chi connectivity index (χ4v) is 3.50. The number of nitrogens with two attached hydrogens (primary N) is 1. The van der Waals surface area contributed by atoms with Gasteiger partial charge in [0.05, 0.1) is 15.6 Å². The van der Waals surface area contributed by atoms with E-state index in [0.717, 1.165) is 43.8 Å². The molecule has 0 aromatic heterocycles. The first-order valence-electron chi connectivity index (χ1n) is 7.57. The number of amides is 2. The van der Waals surface area contributed by atoms with Crippen molar-refractivity contribution in [2.24, 2.45) is 5.73 Å². The average molecular weight is 389 g/mol. The van der Waals surface area contributed by atoms with Crippen molar-refractivity contribution in [2.75, 3.05) is 25.9 Å². The van der Waals surface area contributed by atoms with E-state index in [1.165, 1.54) is 12.1 Å². The van der Waals surface area contributed by atoms with Crippen LogP contribution in [0.25, 0.3) is 0 Å². The fourth-order valence-electron chi connectivity index (χ4n) is 2.57. The molecule has 1 fully saturated rings. The van der Waals surface area contributed by atoms with Crippen LogP contribution in [0, 0.1) is 10.1 Å². The Labute approximate surface area is 156 Å². The van der Waals surface area contributed by atoms with Crippen molar-refractivity contribution in [3.8, 4) is 0 Å². The van der Waals surface area contributed by atoms with Crippen LogP contribution in [0.3, 0.4) is 0 Å². The lowest BCUT2D eigenvalue weighted by Gasteiger charge is -2.31. The van der Waals surface area contributed by atoms with Crippen LogP contribution in [-0.4, -0.2) is 53.6 Å². The number of carbonyl (C=O) groups is 2. The minimum atomic E-state index is -0.726. The number of benzene rings is 1. The molecule has 1 aromatic rings. The van der Waals surface area contributed by atoms with Gasteiger partial charge in [0.1, 0.15) is 0 Å². The van der Waals surface area contributed by atoms with E-state index in [9.17, 15) is 19.7 Å². The lowest BCUT2D eigenvalue weighted by Crippen LogP contribution is -2.44. The van der Waals surface area contributed by atoms with Gasteiger partial charge in [-0.3, -0.25) is 19.7 Å². The van der Waals surface area contributed by atoms with E-state index < -0.39 is 10.8 Å². The molecule has 2 rings (SSSR count). The first kappa shape index (κ1) is 21.2. The summed E-state index contributed by atoms with van der Waals surface area (Å²) in [4.78, 5) is 36.1. The van der Waals surface area contributed by atoms with Crippen molar-refractivity contribution in [3.05, 3.63) is 33.9 Å². The van der Waals surface area contributed by atoms with Gasteiger partial charge in [-0.2, -0.15) is 0 Å². The summed E-state index contributed by atoms with van der Waals surface area (Å²) in [5.74, 6) is -0.687. The van der Waals surface area contributed by atoms with Crippen LogP contribution in [0.15, 0.2) is 23.1 Å². The molecule has 0 atom stereocenters. The molecule has 10 heteroatoms. The molecule has 0 aliphatic carbocycles. The van der Waals surface area contributed by atoms with Crippen molar-refractivity contribution in [1.82, 2.24) is 10.2 Å². The standard InChI is InChI=1S/C15H20N4O4S.ClH/c1-18(11-4-6-17-7-5-11)14(20)9-24-13-3-2-10(15(16)21)8-12(13)19(22)23;/h2-3,8,11,17H,4-7,9H2,1H3,(H2,16,21);1H. The molecule has 1 saturated heterocycles. The number of nitro groups is 1. The highest BCUT2D eigenvalue weighted by Crippen LogP contribution is 2.30. The quantitative estimate of drug-likeness (QED) is 0.432. The van der Waals surface area contributed by atoms with Crippen LogP contribution in [0.5, 0.6) is 0 Å². The zero-order valence-electron chi connectivity index (χ0n) is 13.8. The summed E-state index contributed by atoms with van der Waals surface area (Å²) in [5, 5.41) is 14.4. The lowest BCUT2D eigenvalue weighted by molar-refractivity contribution is -0.387. The lowest BCUT2D eigenvalue weighted by atomic mass is 10.1. The Morgan fingerprint density at radius 2 is 2.04 bits per heavy atom. The summed E-state index contributed by atoms with van der Waals surface area (Å²) in [6.45, 7) is 1.77. The number of primary amides is 1. The van der Waals surface area contributed by atoms with Gasteiger partial charge >= 0.3 is 0 Å². The molecule has 1 aliphatic heterocycles. The van der Waals surface area contributed by atoms with Crippen molar-refractivity contribution < 1.29 is 14.5 Å². The number of thioether (sulfide) groups is 1. The van der Waals surface area contributed by atoms with E-state index in [-0.39, 0.29) is 41.4 Å². The number of halogens is 1. The molecule has 0 spiro atoms. The second-order valence-electron chi connectivity index (χ2n) is 5.58. The molecule has 0 bridgehead atoms. The Balaban J connectivity index is 0.00000312. The van der Waals surface area contributed by atoms with Crippen LogP contribution in [0.4, 0.5) is 5.69 Å². The highest BCUT2D eigenvalue weighted by atomic mass is 35.5. The summed E-state index contributed by atoms with van der Waals surface area (Å²) in [6.07, 6.45) is 1.81. The summed E-state index contributed by atoms with van der Waals surface area (Å²) >= 11 is 1.10. The molecule has 2 amide bonds. The van der Waals surface area contributed by atoms with Crippen molar-refractivity contribution in [2.45, 2.75) is 23.8 Å². The Morgan fingerprint density at radius 1 is 1.40 bits per heavy atom. The number of nitrogens with one attached hydrogen (secondary N) is 1. The van der Waals surface area contributed by atoms with Crippen LogP contribution in [0.1, 0.15) is 23.2 Å². The zero-order valence-corrected chi connectivity index (χ0v) is 15.4. The van der Waals surface area contributed by atoms with Crippen LogP contribution in [0.2, 0.25) is 0 Å². The zero-order chi connectivity index (χ0) is 17.7. The van der Waals surface area contributed by atoms with Crippen LogP contribution >= 0.6 is 24.2 Å². The molecule has 1 heterocycles. The maximum atomic E-state index is 12.3. The van der Waals surface area contributed by atoms with E-state index >= 15 is 0 Å². The molecular formula is C15H21ClN4O4S. The third kappa shape index (κ3) is 5.58. The van der Waals surface area contributed by atoms with E-state index in [1.807, 2.05) is 0 Å². The number of piperidine rings is 1. The summed E-state index contributed by atoms with van der Waals surface area (Å²) in [7, 11) is 1.77. The highest BCUT2D eigenvalue weighted by molar-refractivity contribution is 8.00. The summed E-state index contributed by atoms with van der Waals surface area (Å²) < 4.78 is 0. The SMILES string of the molecule is CN(C(=O)CSc1ccc(C(N)=O)cc1[N+](=O)[O-])C1CCNCC1.Cl. The predicted molar refractivity (Wildman–Crippen MR) is 98.2 cm³/mol. The molecule has 1 aliphatic rings. The minimum Gasteiger partial charge on any atom is -0.366 e. The molecule has 8 nitrogen and oxygen atoms in total. The second kappa shape index (κ2) is 9.59. The third-order valence-electron chi connectivity index (χ3n) is 4.04. The van der Waals surface area contributed by atoms with Crippen LogP contribution < -0.4 is 11.1 Å². The molecule has 25 heavy (non-hydrogen) atoms. The largest absolute Gasteiger partial charge is 0.366 e. The first-order chi connectivity index (χ1) is 11.4. The Bertz CT molecular complexity index is 652. The number of hydrogen-bond donors (Lipinski definition) is 2. The molecule has 3 N–H and O–H groups in total. The van der Waals surface area contributed by atoms with Gasteiger partial charge in [-0.15, -0.1) is 24.2 Å². The van der Waals surface area contributed by atoms with Gasteiger partial charge in [-0.25, -0.2) is 0 Å². The number of nitro benzene ring substituents is 1. The van der Waals surface area contributed by atoms with Gasteiger partial charge in [0.2, 0.25) is 11.8 Å². The molecular weight excluding hydrogens is 368 g/mol. The van der Waals surface area contributed by atoms with E-state index in [2.05, 4.69) is 5.32 Å². The normalized spacial score (nSPS) is 14.4. The second-order valence-corrected chi connectivity index (χ2v) is 6.60. The predicted octanol–water partition coefficient (Wildman–Crippen LogP) is 1.42. The van der Waals surface area contributed by atoms with Crippen LogP contribution in [-0.2, 0) is 4.79 Å². The molecule has 138 valence electrons. The van der Waals surface area contributed by atoms with Gasteiger partial charge in [-0.1, -0.05) is 0 Å². The third-order valence-corrected chi connectivity index (χ3v) is 5.09. The van der Waals surface area contributed by atoms with Gasteiger partial charge in [0.15, 0.2) is 0 Å². The monoisotopic (exact) mass is 388 g/mol. The summed E-state index contributed by atoms with van der Waals surface area (Å²) in [5.41, 5.74) is 5.00. The van der Waals surface area contributed by atoms with E-state index in [0.29, 0.717) is 4.90 Å². The number of rotatable bonds is 6. The molecule has 0 saturated carbocycles. The molecule has 1 aromatic carbocycles. The molecule has 0 unspecified atom stereocenters. The van der Waals surface area contributed by atoms with Gasteiger partial charge in [0, 0.05) is 24.7 Å². The van der Waals surface area contributed by atoms with Crippen molar-refractivity contribution in [3.63, 3.8) is 0 Å². The molecule has 0 radical (unpaired) electrons.